The van der Waals surface area contributed by atoms with Gasteiger partial charge in [0.15, 0.2) is 0 Å². The van der Waals surface area contributed by atoms with Crippen LogP contribution in [-0.2, 0) is 11.2 Å². The van der Waals surface area contributed by atoms with Crippen molar-refractivity contribution in [2.24, 2.45) is 0 Å². The van der Waals surface area contributed by atoms with Gasteiger partial charge < -0.3 is 5.32 Å². The molecule has 0 atom stereocenters. The van der Waals surface area contributed by atoms with Crippen LogP contribution in [0.15, 0.2) is 66.9 Å². The van der Waals surface area contributed by atoms with E-state index < -0.39 is 0 Å². The molecule has 4 nitrogen and oxygen atoms in total. The van der Waals surface area contributed by atoms with Crippen molar-refractivity contribution in [3.05, 3.63) is 72.4 Å². The lowest BCUT2D eigenvalue weighted by Crippen LogP contribution is -2.25. The molecule has 0 radical (unpaired) electrons. The fourth-order valence-corrected chi connectivity index (χ4v) is 2.92. The number of hydrogen-bond acceptors (Lipinski definition) is 2. The normalized spacial score (nSPS) is 13.6. The first-order valence-electron chi connectivity index (χ1n) is 8.78. The Kier molecular flexibility index (Phi) is 4.34. The fraction of sp³-hybridized carbons (Fsp3) is 0.238. The van der Waals surface area contributed by atoms with E-state index in [1.165, 1.54) is 0 Å². The standard InChI is InChI=1S/C21H21N3O/c25-20(22-18-12-13-18)14-11-17-15-24(19-9-5-2-6-10-19)23-21(17)16-7-3-1-4-8-16/h1-10,15,18H,11-14H2,(H,22,25). The minimum absolute atomic E-state index is 0.133. The Morgan fingerprint density at radius 3 is 2.40 bits per heavy atom. The maximum atomic E-state index is 12.1. The average Bonchev–Trinajstić information content (AvgIpc) is 3.37. The predicted octanol–water partition coefficient (Wildman–Crippen LogP) is 3.75. The summed E-state index contributed by atoms with van der Waals surface area (Å²) < 4.78 is 1.90. The summed E-state index contributed by atoms with van der Waals surface area (Å²) in [6.45, 7) is 0. The van der Waals surface area contributed by atoms with Crippen LogP contribution in [0, 0.1) is 0 Å². The van der Waals surface area contributed by atoms with Gasteiger partial charge >= 0.3 is 0 Å². The highest BCUT2D eigenvalue weighted by Crippen LogP contribution is 2.25. The van der Waals surface area contributed by atoms with Gasteiger partial charge in [-0.3, -0.25) is 4.79 Å². The highest BCUT2D eigenvalue weighted by atomic mass is 16.1. The van der Waals surface area contributed by atoms with E-state index in [0.717, 1.165) is 35.3 Å². The largest absolute Gasteiger partial charge is 0.353 e. The van der Waals surface area contributed by atoms with Gasteiger partial charge in [0, 0.05) is 24.2 Å². The first-order valence-corrected chi connectivity index (χ1v) is 8.78. The summed E-state index contributed by atoms with van der Waals surface area (Å²) in [5.41, 5.74) is 4.15. The topological polar surface area (TPSA) is 46.9 Å². The maximum Gasteiger partial charge on any atom is 0.220 e. The molecular weight excluding hydrogens is 310 g/mol. The SMILES string of the molecule is O=C(CCc1cn(-c2ccccc2)nc1-c1ccccc1)NC1CC1. The summed E-state index contributed by atoms with van der Waals surface area (Å²) in [6.07, 6.45) is 5.47. The second-order valence-electron chi connectivity index (χ2n) is 6.49. The molecule has 0 bridgehead atoms. The molecule has 4 rings (SSSR count). The molecule has 126 valence electrons. The lowest BCUT2D eigenvalue weighted by Gasteiger charge is -2.04. The number of hydrogen-bond donors (Lipinski definition) is 1. The van der Waals surface area contributed by atoms with E-state index in [-0.39, 0.29) is 5.91 Å². The van der Waals surface area contributed by atoms with Gasteiger partial charge in [0.05, 0.1) is 11.4 Å². The molecule has 4 heteroatoms. The number of rotatable bonds is 6. The molecule has 25 heavy (non-hydrogen) atoms. The van der Waals surface area contributed by atoms with Gasteiger partial charge in [0.25, 0.3) is 0 Å². The van der Waals surface area contributed by atoms with Crippen LogP contribution in [0.25, 0.3) is 16.9 Å². The molecule has 0 saturated heterocycles. The number of para-hydroxylation sites is 1. The predicted molar refractivity (Wildman–Crippen MR) is 98.5 cm³/mol. The molecule has 3 aromatic rings. The summed E-state index contributed by atoms with van der Waals surface area (Å²) in [5.74, 6) is 0.133. The van der Waals surface area contributed by atoms with Crippen LogP contribution in [0.2, 0.25) is 0 Å². The summed E-state index contributed by atoms with van der Waals surface area (Å²) >= 11 is 0. The maximum absolute atomic E-state index is 12.1. The molecule has 0 aliphatic heterocycles. The molecule has 2 aromatic carbocycles. The summed E-state index contributed by atoms with van der Waals surface area (Å²) in [7, 11) is 0. The monoisotopic (exact) mass is 331 g/mol. The van der Waals surface area contributed by atoms with E-state index >= 15 is 0 Å². The number of nitrogens with one attached hydrogen (secondary N) is 1. The fourth-order valence-electron chi connectivity index (χ4n) is 2.92. The van der Waals surface area contributed by atoms with Crippen molar-refractivity contribution in [1.82, 2.24) is 15.1 Å². The summed E-state index contributed by atoms with van der Waals surface area (Å²) in [6, 6.07) is 20.6. The Balaban J connectivity index is 1.61. The van der Waals surface area contributed by atoms with Crippen LogP contribution in [0.4, 0.5) is 0 Å². The second-order valence-corrected chi connectivity index (χ2v) is 6.49. The number of carbonyl (C=O) groups excluding carboxylic acids is 1. The first kappa shape index (κ1) is 15.6. The first-order chi connectivity index (χ1) is 12.3. The van der Waals surface area contributed by atoms with E-state index in [0.29, 0.717) is 18.9 Å². The van der Waals surface area contributed by atoms with Crippen LogP contribution < -0.4 is 5.32 Å². The van der Waals surface area contributed by atoms with Crippen LogP contribution in [0.1, 0.15) is 24.8 Å². The van der Waals surface area contributed by atoms with E-state index in [1.807, 2.05) is 59.4 Å². The summed E-state index contributed by atoms with van der Waals surface area (Å²) in [4.78, 5) is 12.1. The highest BCUT2D eigenvalue weighted by molar-refractivity contribution is 5.77. The lowest BCUT2D eigenvalue weighted by molar-refractivity contribution is -0.121. The van der Waals surface area contributed by atoms with E-state index in [1.54, 1.807) is 0 Å². The molecule has 1 aliphatic rings. The molecule has 0 spiro atoms. The van der Waals surface area contributed by atoms with Crippen LogP contribution >= 0.6 is 0 Å². The molecule has 1 heterocycles. The molecule has 1 amide bonds. The minimum Gasteiger partial charge on any atom is -0.353 e. The second kappa shape index (κ2) is 6.93. The molecule has 1 saturated carbocycles. The lowest BCUT2D eigenvalue weighted by atomic mass is 10.0. The molecule has 1 aromatic heterocycles. The zero-order valence-electron chi connectivity index (χ0n) is 14.1. The molecule has 1 fully saturated rings. The van der Waals surface area contributed by atoms with Crippen LogP contribution in [-0.4, -0.2) is 21.7 Å². The van der Waals surface area contributed by atoms with Crippen molar-refractivity contribution in [3.8, 4) is 16.9 Å². The molecule has 1 N–H and O–H groups in total. The van der Waals surface area contributed by atoms with Gasteiger partial charge in [-0.15, -0.1) is 0 Å². The smallest absolute Gasteiger partial charge is 0.220 e. The zero-order chi connectivity index (χ0) is 17.1. The molecule has 0 unspecified atom stereocenters. The third-order valence-electron chi connectivity index (χ3n) is 4.42. The molecule has 1 aliphatic carbocycles. The number of nitrogens with zero attached hydrogens (tertiary/aromatic N) is 2. The Bertz CT molecular complexity index is 851. The van der Waals surface area contributed by atoms with Crippen molar-refractivity contribution < 1.29 is 4.79 Å². The average molecular weight is 331 g/mol. The zero-order valence-corrected chi connectivity index (χ0v) is 14.1. The van der Waals surface area contributed by atoms with E-state index in [9.17, 15) is 4.79 Å². The molecular formula is C21H21N3O. The third-order valence-corrected chi connectivity index (χ3v) is 4.42. The van der Waals surface area contributed by atoms with Gasteiger partial charge in [0.2, 0.25) is 5.91 Å². The van der Waals surface area contributed by atoms with Crippen LogP contribution in [0.5, 0.6) is 0 Å². The quantitative estimate of drug-likeness (QED) is 0.748. The van der Waals surface area contributed by atoms with Crippen molar-refractivity contribution in [1.29, 1.82) is 0 Å². The third kappa shape index (κ3) is 3.79. The van der Waals surface area contributed by atoms with Gasteiger partial charge in [-0.05, 0) is 37.0 Å². The Labute approximate surface area is 147 Å². The van der Waals surface area contributed by atoms with E-state index in [4.69, 9.17) is 5.10 Å². The highest BCUT2D eigenvalue weighted by Gasteiger charge is 2.23. The van der Waals surface area contributed by atoms with Crippen molar-refractivity contribution in [2.75, 3.05) is 0 Å². The Morgan fingerprint density at radius 2 is 1.72 bits per heavy atom. The van der Waals surface area contributed by atoms with Gasteiger partial charge in [-0.1, -0.05) is 48.5 Å². The number of aromatic nitrogens is 2. The Morgan fingerprint density at radius 1 is 1.04 bits per heavy atom. The van der Waals surface area contributed by atoms with Crippen molar-refractivity contribution >= 4 is 5.91 Å². The van der Waals surface area contributed by atoms with E-state index in [2.05, 4.69) is 17.4 Å². The Hall–Kier alpha value is -2.88. The van der Waals surface area contributed by atoms with Gasteiger partial charge in [-0.2, -0.15) is 5.10 Å². The summed E-state index contributed by atoms with van der Waals surface area (Å²) in [5, 5.41) is 7.84. The number of carbonyl (C=O) groups is 1. The van der Waals surface area contributed by atoms with Crippen LogP contribution in [0.3, 0.4) is 0 Å². The number of aryl methyl sites for hydroxylation is 1. The van der Waals surface area contributed by atoms with Crippen molar-refractivity contribution in [2.45, 2.75) is 31.7 Å². The minimum atomic E-state index is 0.133. The van der Waals surface area contributed by atoms with Gasteiger partial charge in [-0.25, -0.2) is 4.68 Å². The number of amides is 1. The number of benzene rings is 2. The van der Waals surface area contributed by atoms with Crippen molar-refractivity contribution in [3.63, 3.8) is 0 Å². The van der Waals surface area contributed by atoms with Gasteiger partial charge in [0.1, 0.15) is 0 Å².